The predicted molar refractivity (Wildman–Crippen MR) is 94.6 cm³/mol. The molecule has 2 aromatic heterocycles. The first-order chi connectivity index (χ1) is 12.3. The number of imidazole rings is 2. The van der Waals surface area contributed by atoms with Crippen LogP contribution < -0.4 is 5.32 Å². The van der Waals surface area contributed by atoms with Crippen LogP contribution in [0, 0.1) is 0 Å². The summed E-state index contributed by atoms with van der Waals surface area (Å²) in [6, 6.07) is 15.7. The van der Waals surface area contributed by atoms with Gasteiger partial charge in [-0.05, 0) is 24.3 Å². The van der Waals surface area contributed by atoms with E-state index in [0.29, 0.717) is 18.7 Å². The quantitative estimate of drug-likeness (QED) is 0.615. The lowest BCUT2D eigenvalue weighted by Crippen LogP contribution is -2.24. The lowest BCUT2D eigenvalue weighted by molar-refractivity contribution is 0.0956. The van der Waals surface area contributed by atoms with Gasteiger partial charge in [-0.2, -0.15) is 0 Å². The average molecular weight is 329 g/mol. The minimum absolute atomic E-state index is 0.0504. The standard InChI is InChI=1S/C19H15N5O/c25-19-14-7-4-8-15-17(14)24(10-9-20-19)18(22-15)16-11-23(12-21-16)13-5-2-1-3-6-13/h1-8,11-12H,9-10H2,(H,20,25). The third-order valence-electron chi connectivity index (χ3n) is 4.50. The van der Waals surface area contributed by atoms with E-state index in [9.17, 15) is 4.79 Å². The van der Waals surface area contributed by atoms with E-state index in [1.165, 1.54) is 0 Å². The number of hydrogen-bond donors (Lipinski definition) is 1. The number of carbonyl (C=O) groups excluding carboxylic acids is 1. The molecule has 0 atom stereocenters. The van der Waals surface area contributed by atoms with Crippen LogP contribution in [0.4, 0.5) is 0 Å². The number of para-hydroxylation sites is 2. The van der Waals surface area contributed by atoms with Crippen molar-refractivity contribution in [2.24, 2.45) is 0 Å². The van der Waals surface area contributed by atoms with Gasteiger partial charge in [-0.15, -0.1) is 0 Å². The summed E-state index contributed by atoms with van der Waals surface area (Å²) in [6.07, 6.45) is 3.76. The molecule has 0 spiro atoms. The first-order valence-electron chi connectivity index (χ1n) is 8.18. The normalized spacial score (nSPS) is 13.7. The molecule has 5 rings (SSSR count). The van der Waals surface area contributed by atoms with Crippen molar-refractivity contribution in [2.45, 2.75) is 6.54 Å². The Kier molecular flexibility index (Phi) is 2.97. The molecule has 6 heteroatoms. The highest BCUT2D eigenvalue weighted by molar-refractivity contribution is 6.06. The van der Waals surface area contributed by atoms with Crippen molar-refractivity contribution < 1.29 is 4.79 Å². The molecule has 0 saturated heterocycles. The molecule has 0 bridgehead atoms. The Balaban J connectivity index is 1.69. The SMILES string of the molecule is O=C1NCCn2c(-c3cn(-c4ccccc4)cn3)nc3cccc1c32. The van der Waals surface area contributed by atoms with Gasteiger partial charge in [0.1, 0.15) is 12.0 Å². The summed E-state index contributed by atoms with van der Waals surface area (Å²) in [5.74, 6) is 0.735. The topological polar surface area (TPSA) is 64.7 Å². The third kappa shape index (κ3) is 2.15. The minimum atomic E-state index is -0.0504. The van der Waals surface area contributed by atoms with Crippen LogP contribution in [0.15, 0.2) is 61.1 Å². The Hall–Kier alpha value is -3.41. The molecule has 3 heterocycles. The molecular weight excluding hydrogens is 314 g/mol. The van der Waals surface area contributed by atoms with Crippen molar-refractivity contribution in [3.05, 3.63) is 66.6 Å². The molecule has 0 radical (unpaired) electrons. The van der Waals surface area contributed by atoms with Crippen LogP contribution in [0.2, 0.25) is 0 Å². The zero-order valence-corrected chi connectivity index (χ0v) is 13.4. The van der Waals surface area contributed by atoms with Crippen molar-refractivity contribution in [1.29, 1.82) is 0 Å². The molecule has 0 fully saturated rings. The molecule has 1 amide bonds. The second-order valence-corrected chi connectivity index (χ2v) is 6.02. The third-order valence-corrected chi connectivity index (χ3v) is 4.50. The number of carbonyl (C=O) groups is 1. The molecule has 25 heavy (non-hydrogen) atoms. The van der Waals surface area contributed by atoms with Crippen molar-refractivity contribution in [2.75, 3.05) is 6.54 Å². The Labute approximate surface area is 143 Å². The Bertz CT molecular complexity index is 1090. The van der Waals surface area contributed by atoms with Gasteiger partial charge in [0.25, 0.3) is 5.91 Å². The molecule has 6 nitrogen and oxygen atoms in total. The fourth-order valence-corrected chi connectivity index (χ4v) is 3.34. The fourth-order valence-electron chi connectivity index (χ4n) is 3.34. The maximum atomic E-state index is 12.3. The van der Waals surface area contributed by atoms with E-state index < -0.39 is 0 Å². The van der Waals surface area contributed by atoms with E-state index in [4.69, 9.17) is 4.98 Å². The number of aromatic nitrogens is 4. The largest absolute Gasteiger partial charge is 0.350 e. The fraction of sp³-hybridized carbons (Fsp3) is 0.105. The van der Waals surface area contributed by atoms with Crippen LogP contribution in [0.25, 0.3) is 28.2 Å². The molecule has 0 saturated carbocycles. The second-order valence-electron chi connectivity index (χ2n) is 6.02. The smallest absolute Gasteiger partial charge is 0.253 e. The Morgan fingerprint density at radius 1 is 1.04 bits per heavy atom. The summed E-state index contributed by atoms with van der Waals surface area (Å²) in [5.41, 5.74) is 4.20. The molecular formula is C19H15N5O. The van der Waals surface area contributed by atoms with E-state index >= 15 is 0 Å². The molecule has 1 N–H and O–H groups in total. The van der Waals surface area contributed by atoms with Gasteiger partial charge in [0.15, 0.2) is 5.82 Å². The van der Waals surface area contributed by atoms with Gasteiger partial charge in [-0.25, -0.2) is 9.97 Å². The van der Waals surface area contributed by atoms with Crippen LogP contribution in [0.3, 0.4) is 0 Å². The molecule has 4 aromatic rings. The number of nitrogens with one attached hydrogen (secondary N) is 1. The Morgan fingerprint density at radius 3 is 2.80 bits per heavy atom. The van der Waals surface area contributed by atoms with Crippen LogP contribution in [0.5, 0.6) is 0 Å². The molecule has 2 aromatic carbocycles. The summed E-state index contributed by atoms with van der Waals surface area (Å²) in [7, 11) is 0. The highest BCUT2D eigenvalue weighted by atomic mass is 16.1. The zero-order valence-electron chi connectivity index (χ0n) is 13.4. The van der Waals surface area contributed by atoms with E-state index in [1.54, 1.807) is 6.33 Å². The number of rotatable bonds is 2. The maximum Gasteiger partial charge on any atom is 0.253 e. The van der Waals surface area contributed by atoms with Crippen molar-refractivity contribution in [1.82, 2.24) is 24.4 Å². The van der Waals surface area contributed by atoms with Gasteiger partial charge < -0.3 is 14.5 Å². The number of nitrogens with zero attached hydrogens (tertiary/aromatic N) is 4. The molecule has 1 aliphatic heterocycles. The van der Waals surface area contributed by atoms with Gasteiger partial charge in [0.05, 0.1) is 16.6 Å². The second kappa shape index (κ2) is 5.31. The van der Waals surface area contributed by atoms with E-state index in [1.807, 2.05) is 59.3 Å². The first-order valence-corrected chi connectivity index (χ1v) is 8.18. The van der Waals surface area contributed by atoms with Crippen molar-refractivity contribution >= 4 is 16.9 Å². The van der Waals surface area contributed by atoms with Crippen LogP contribution >= 0.6 is 0 Å². The highest BCUT2D eigenvalue weighted by Gasteiger charge is 2.22. The van der Waals surface area contributed by atoms with Gasteiger partial charge in [0.2, 0.25) is 0 Å². The molecule has 0 aliphatic carbocycles. The highest BCUT2D eigenvalue weighted by Crippen LogP contribution is 2.27. The number of benzene rings is 2. The van der Waals surface area contributed by atoms with Gasteiger partial charge in [0, 0.05) is 25.0 Å². The summed E-state index contributed by atoms with van der Waals surface area (Å²) in [6.45, 7) is 1.25. The Morgan fingerprint density at radius 2 is 1.92 bits per heavy atom. The monoisotopic (exact) mass is 329 g/mol. The van der Waals surface area contributed by atoms with E-state index in [0.717, 1.165) is 28.2 Å². The molecule has 122 valence electrons. The zero-order chi connectivity index (χ0) is 16.8. The molecule has 0 unspecified atom stereocenters. The first kappa shape index (κ1) is 14.0. The van der Waals surface area contributed by atoms with Crippen molar-refractivity contribution in [3.8, 4) is 17.2 Å². The van der Waals surface area contributed by atoms with Gasteiger partial charge in [-0.1, -0.05) is 24.3 Å². The lowest BCUT2D eigenvalue weighted by atomic mass is 10.2. The van der Waals surface area contributed by atoms with Crippen LogP contribution in [-0.2, 0) is 6.54 Å². The van der Waals surface area contributed by atoms with Crippen LogP contribution in [-0.4, -0.2) is 31.6 Å². The predicted octanol–water partition coefficient (Wildman–Crippen LogP) is 2.63. The van der Waals surface area contributed by atoms with Gasteiger partial charge >= 0.3 is 0 Å². The van der Waals surface area contributed by atoms with Gasteiger partial charge in [-0.3, -0.25) is 4.79 Å². The number of hydrogen-bond acceptors (Lipinski definition) is 3. The summed E-state index contributed by atoms with van der Waals surface area (Å²) < 4.78 is 4.06. The maximum absolute atomic E-state index is 12.3. The summed E-state index contributed by atoms with van der Waals surface area (Å²) >= 11 is 0. The summed E-state index contributed by atoms with van der Waals surface area (Å²) in [5, 5.41) is 2.93. The lowest BCUT2D eigenvalue weighted by Gasteiger charge is -2.05. The van der Waals surface area contributed by atoms with Crippen LogP contribution in [0.1, 0.15) is 10.4 Å². The summed E-state index contributed by atoms with van der Waals surface area (Å²) in [4.78, 5) is 21.5. The minimum Gasteiger partial charge on any atom is -0.350 e. The van der Waals surface area contributed by atoms with E-state index in [-0.39, 0.29) is 5.91 Å². The van der Waals surface area contributed by atoms with E-state index in [2.05, 4.69) is 14.9 Å². The molecule has 1 aliphatic rings. The number of amides is 1. The average Bonchev–Trinajstić information content (AvgIpc) is 3.23. The van der Waals surface area contributed by atoms with Crippen molar-refractivity contribution in [3.63, 3.8) is 0 Å².